The Morgan fingerprint density at radius 3 is 2.74 bits per heavy atom. The molecular weight excluding hydrogens is 344 g/mol. The maximum atomic E-state index is 12.7. The third kappa shape index (κ3) is 5.94. The van der Waals surface area contributed by atoms with Crippen molar-refractivity contribution in [3.05, 3.63) is 24.3 Å². The second-order valence-corrected chi connectivity index (χ2v) is 7.54. The van der Waals surface area contributed by atoms with E-state index in [2.05, 4.69) is 17.1 Å². The predicted octanol–water partition coefficient (Wildman–Crippen LogP) is 1.54. The first-order valence-corrected chi connectivity index (χ1v) is 9.54. The Morgan fingerprint density at radius 1 is 1.37 bits per heavy atom. The van der Waals surface area contributed by atoms with Gasteiger partial charge in [0.25, 0.3) is 0 Å². The molecule has 150 valence electrons. The lowest BCUT2D eigenvalue weighted by molar-refractivity contribution is -0.135. The van der Waals surface area contributed by atoms with Crippen LogP contribution < -0.4 is 15.8 Å². The largest absolute Gasteiger partial charge is 0.495 e. The quantitative estimate of drug-likeness (QED) is 0.683. The van der Waals surface area contributed by atoms with Gasteiger partial charge in [0, 0.05) is 13.1 Å². The summed E-state index contributed by atoms with van der Waals surface area (Å²) in [6, 6.07) is 7.23. The van der Waals surface area contributed by atoms with Crippen LogP contribution in [0.15, 0.2) is 24.3 Å². The number of carbonyl (C=O) groups is 2. The molecule has 1 aromatic carbocycles. The average Bonchev–Trinajstić information content (AvgIpc) is 3.03. The minimum atomic E-state index is -0.227. The van der Waals surface area contributed by atoms with Crippen LogP contribution in [-0.4, -0.2) is 68.0 Å². The number of amides is 2. The number of para-hydroxylation sites is 2. The van der Waals surface area contributed by atoms with Gasteiger partial charge < -0.3 is 20.7 Å². The number of nitrogens with two attached hydrogens (primary N) is 1. The van der Waals surface area contributed by atoms with Gasteiger partial charge in [0.1, 0.15) is 5.75 Å². The first kappa shape index (κ1) is 21.2. The van der Waals surface area contributed by atoms with Gasteiger partial charge in [0.2, 0.25) is 11.8 Å². The molecule has 0 bridgehead atoms. The molecule has 0 aromatic heterocycles. The van der Waals surface area contributed by atoms with E-state index in [1.165, 1.54) is 0 Å². The number of hydrogen-bond donors (Lipinski definition) is 2. The Hall–Kier alpha value is -2.12. The third-order valence-corrected chi connectivity index (χ3v) is 5.05. The highest BCUT2D eigenvalue weighted by molar-refractivity contribution is 5.95. The number of ether oxygens (including phenoxy) is 1. The number of carbonyl (C=O) groups excluding carboxylic acids is 2. The number of hydrogen-bond acceptors (Lipinski definition) is 5. The van der Waals surface area contributed by atoms with E-state index in [9.17, 15) is 9.59 Å². The topological polar surface area (TPSA) is 87.9 Å². The summed E-state index contributed by atoms with van der Waals surface area (Å²) in [6.07, 6.45) is 1.80. The third-order valence-electron chi connectivity index (χ3n) is 5.05. The van der Waals surface area contributed by atoms with Crippen molar-refractivity contribution in [3.63, 3.8) is 0 Å². The molecule has 2 rings (SSSR count). The highest BCUT2D eigenvalue weighted by Crippen LogP contribution is 2.28. The summed E-state index contributed by atoms with van der Waals surface area (Å²) in [6.45, 7) is 7.39. The molecule has 0 aliphatic carbocycles. The number of rotatable bonds is 9. The van der Waals surface area contributed by atoms with Gasteiger partial charge in [0.15, 0.2) is 0 Å². The molecule has 0 radical (unpaired) electrons. The first-order chi connectivity index (χ1) is 12.9. The first-order valence-electron chi connectivity index (χ1n) is 9.54. The maximum absolute atomic E-state index is 12.7. The van der Waals surface area contributed by atoms with E-state index in [1.54, 1.807) is 24.1 Å². The number of methoxy groups -OCH3 is 1. The summed E-state index contributed by atoms with van der Waals surface area (Å²) in [4.78, 5) is 29.0. The monoisotopic (exact) mass is 376 g/mol. The minimum Gasteiger partial charge on any atom is -0.495 e. The summed E-state index contributed by atoms with van der Waals surface area (Å²) < 4.78 is 5.25. The van der Waals surface area contributed by atoms with Gasteiger partial charge in [-0.25, -0.2) is 0 Å². The Bertz CT molecular complexity index is 652. The lowest BCUT2D eigenvalue weighted by atomic mass is 9.90. The van der Waals surface area contributed by atoms with Crippen molar-refractivity contribution in [2.45, 2.75) is 26.7 Å². The van der Waals surface area contributed by atoms with Crippen LogP contribution in [0.1, 0.15) is 26.7 Å². The van der Waals surface area contributed by atoms with Gasteiger partial charge in [-0.3, -0.25) is 14.5 Å². The summed E-state index contributed by atoms with van der Waals surface area (Å²) >= 11 is 0. The fourth-order valence-electron chi connectivity index (χ4n) is 3.39. The van der Waals surface area contributed by atoms with E-state index in [0.29, 0.717) is 31.1 Å². The minimum absolute atomic E-state index is 0.0201. The summed E-state index contributed by atoms with van der Waals surface area (Å²) in [5, 5.41) is 2.83. The fraction of sp³-hybridized carbons (Fsp3) is 0.600. The van der Waals surface area contributed by atoms with E-state index >= 15 is 0 Å². The molecule has 1 aliphatic heterocycles. The zero-order chi connectivity index (χ0) is 19.9. The lowest BCUT2D eigenvalue weighted by Gasteiger charge is -2.26. The molecule has 1 atom stereocenters. The van der Waals surface area contributed by atoms with Gasteiger partial charge in [-0.2, -0.15) is 0 Å². The number of nitrogens with zero attached hydrogens (tertiary/aromatic N) is 2. The molecule has 0 saturated carbocycles. The van der Waals surface area contributed by atoms with Crippen LogP contribution in [0.25, 0.3) is 0 Å². The van der Waals surface area contributed by atoms with Crippen LogP contribution in [-0.2, 0) is 9.59 Å². The Morgan fingerprint density at radius 2 is 2.11 bits per heavy atom. The molecule has 0 spiro atoms. The number of benzene rings is 1. The normalized spacial score (nSPS) is 19.7. The van der Waals surface area contributed by atoms with E-state index in [0.717, 1.165) is 25.9 Å². The zero-order valence-electron chi connectivity index (χ0n) is 16.7. The summed E-state index contributed by atoms with van der Waals surface area (Å²) in [5.74, 6) is 0.347. The molecular formula is C20H32N4O3. The van der Waals surface area contributed by atoms with Crippen LogP contribution >= 0.6 is 0 Å². The van der Waals surface area contributed by atoms with Crippen LogP contribution in [0.4, 0.5) is 5.69 Å². The Kier molecular flexibility index (Phi) is 7.62. The zero-order valence-corrected chi connectivity index (χ0v) is 16.7. The summed E-state index contributed by atoms with van der Waals surface area (Å²) in [5.41, 5.74) is 6.53. The highest BCUT2D eigenvalue weighted by Gasteiger charge is 2.33. The molecule has 3 N–H and O–H groups in total. The molecule has 7 heteroatoms. The Balaban J connectivity index is 1.94. The van der Waals surface area contributed by atoms with Gasteiger partial charge in [-0.1, -0.05) is 26.0 Å². The SMILES string of the molecule is CCCN(CC(=O)Nc1ccccc1OC)C(=O)CN1CCC(C)(CN)C1. The lowest BCUT2D eigenvalue weighted by Crippen LogP contribution is -2.44. The maximum Gasteiger partial charge on any atom is 0.244 e. The van der Waals surface area contributed by atoms with Gasteiger partial charge in [-0.15, -0.1) is 0 Å². The van der Waals surface area contributed by atoms with Crippen molar-refractivity contribution < 1.29 is 14.3 Å². The van der Waals surface area contributed by atoms with Crippen LogP contribution in [0.5, 0.6) is 5.75 Å². The molecule has 2 amide bonds. The second kappa shape index (κ2) is 9.71. The number of nitrogens with one attached hydrogen (secondary N) is 1. The number of anilines is 1. The molecule has 1 heterocycles. The molecule has 7 nitrogen and oxygen atoms in total. The molecule has 27 heavy (non-hydrogen) atoms. The molecule has 1 fully saturated rings. The fourth-order valence-corrected chi connectivity index (χ4v) is 3.39. The van der Waals surface area contributed by atoms with Crippen molar-refractivity contribution in [1.82, 2.24) is 9.80 Å². The van der Waals surface area contributed by atoms with Gasteiger partial charge in [-0.05, 0) is 43.5 Å². The van der Waals surface area contributed by atoms with Crippen molar-refractivity contribution >= 4 is 17.5 Å². The van der Waals surface area contributed by atoms with E-state index in [-0.39, 0.29) is 23.8 Å². The standard InChI is InChI=1S/C20H32N4O3/c1-4-10-24(19(26)13-23-11-9-20(2,14-21)15-23)12-18(25)22-16-7-5-6-8-17(16)27-3/h5-8H,4,9-15,21H2,1-3H3,(H,22,25). The van der Waals surface area contributed by atoms with Crippen molar-refractivity contribution in [3.8, 4) is 5.75 Å². The second-order valence-electron chi connectivity index (χ2n) is 7.54. The Labute approximate surface area is 161 Å². The van der Waals surface area contributed by atoms with Crippen LogP contribution in [0.2, 0.25) is 0 Å². The average molecular weight is 377 g/mol. The molecule has 1 saturated heterocycles. The number of likely N-dealkylation sites (tertiary alicyclic amines) is 1. The predicted molar refractivity (Wildman–Crippen MR) is 107 cm³/mol. The van der Waals surface area contributed by atoms with Gasteiger partial charge >= 0.3 is 0 Å². The van der Waals surface area contributed by atoms with Crippen molar-refractivity contribution in [2.75, 3.05) is 51.7 Å². The van der Waals surface area contributed by atoms with Crippen molar-refractivity contribution in [2.24, 2.45) is 11.1 Å². The van der Waals surface area contributed by atoms with Crippen molar-refractivity contribution in [1.29, 1.82) is 0 Å². The van der Waals surface area contributed by atoms with E-state index in [1.807, 2.05) is 19.1 Å². The van der Waals surface area contributed by atoms with Crippen LogP contribution in [0.3, 0.4) is 0 Å². The molecule has 1 aliphatic rings. The molecule has 1 unspecified atom stereocenters. The van der Waals surface area contributed by atoms with E-state index in [4.69, 9.17) is 10.5 Å². The smallest absolute Gasteiger partial charge is 0.244 e. The van der Waals surface area contributed by atoms with Crippen LogP contribution in [0, 0.1) is 5.41 Å². The van der Waals surface area contributed by atoms with E-state index < -0.39 is 0 Å². The summed E-state index contributed by atoms with van der Waals surface area (Å²) in [7, 11) is 1.56. The van der Waals surface area contributed by atoms with Gasteiger partial charge in [0.05, 0.1) is 25.9 Å². The highest BCUT2D eigenvalue weighted by atomic mass is 16.5. The molecule has 1 aromatic rings.